The SMILES string of the molecule is Cc1cc2oc(C(=O)N(Cc3c(F)cccc3Cl)[C@H]3CCS(=O)(=O)C3)c(C)c2cc1C. The zero-order valence-corrected chi connectivity index (χ0v) is 19.1. The fourth-order valence-electron chi connectivity index (χ4n) is 4.05. The lowest BCUT2D eigenvalue weighted by molar-refractivity contribution is 0.0647. The van der Waals surface area contributed by atoms with Gasteiger partial charge in [-0.25, -0.2) is 12.8 Å². The average Bonchev–Trinajstić information content (AvgIpc) is 3.21. The number of benzene rings is 2. The summed E-state index contributed by atoms with van der Waals surface area (Å²) in [6.07, 6.45) is 0.289. The normalized spacial score (nSPS) is 17.9. The molecule has 2 aromatic carbocycles. The van der Waals surface area contributed by atoms with Gasteiger partial charge in [0.25, 0.3) is 5.91 Å². The molecule has 5 nitrogen and oxygen atoms in total. The molecule has 0 saturated carbocycles. The topological polar surface area (TPSA) is 67.6 Å². The molecule has 0 spiro atoms. The maximum Gasteiger partial charge on any atom is 0.290 e. The van der Waals surface area contributed by atoms with E-state index in [2.05, 4.69) is 0 Å². The van der Waals surface area contributed by atoms with Gasteiger partial charge in [-0.05, 0) is 62.6 Å². The first kappa shape index (κ1) is 21.8. The Morgan fingerprint density at radius 1 is 1.23 bits per heavy atom. The van der Waals surface area contributed by atoms with Crippen molar-refractivity contribution < 1.29 is 22.0 Å². The van der Waals surface area contributed by atoms with Gasteiger partial charge >= 0.3 is 0 Å². The highest BCUT2D eigenvalue weighted by molar-refractivity contribution is 7.91. The molecule has 164 valence electrons. The minimum absolute atomic E-state index is 0.00997. The van der Waals surface area contributed by atoms with E-state index < -0.39 is 27.6 Å². The third-order valence-electron chi connectivity index (χ3n) is 6.05. The molecule has 0 aliphatic carbocycles. The predicted octanol–water partition coefficient (Wildman–Crippen LogP) is 4.98. The number of nitrogens with zero attached hydrogens (tertiary/aromatic N) is 1. The van der Waals surface area contributed by atoms with Crippen molar-refractivity contribution in [2.45, 2.75) is 39.8 Å². The van der Waals surface area contributed by atoms with Crippen LogP contribution in [0.15, 0.2) is 34.7 Å². The summed E-state index contributed by atoms with van der Waals surface area (Å²) in [5, 5.41) is 1.01. The molecule has 1 aromatic heterocycles. The molecule has 1 atom stereocenters. The number of furan rings is 1. The van der Waals surface area contributed by atoms with Crippen LogP contribution in [0.2, 0.25) is 5.02 Å². The number of carbonyl (C=O) groups is 1. The summed E-state index contributed by atoms with van der Waals surface area (Å²) in [6.45, 7) is 5.61. The van der Waals surface area contributed by atoms with E-state index >= 15 is 0 Å². The number of aryl methyl sites for hydroxylation is 3. The smallest absolute Gasteiger partial charge is 0.290 e. The monoisotopic (exact) mass is 463 g/mol. The molecular weight excluding hydrogens is 441 g/mol. The summed E-state index contributed by atoms with van der Waals surface area (Å²) in [5.74, 6) is -1.05. The lowest BCUT2D eigenvalue weighted by Crippen LogP contribution is -2.41. The molecule has 4 rings (SSSR count). The number of rotatable bonds is 4. The molecule has 0 bridgehead atoms. The molecule has 3 aromatic rings. The fourth-order valence-corrected chi connectivity index (χ4v) is 6.01. The number of fused-ring (bicyclic) bond motifs is 1. The molecule has 0 N–H and O–H groups in total. The number of carbonyl (C=O) groups excluding carboxylic acids is 1. The predicted molar refractivity (Wildman–Crippen MR) is 119 cm³/mol. The van der Waals surface area contributed by atoms with Crippen molar-refractivity contribution in [2.24, 2.45) is 0 Å². The van der Waals surface area contributed by atoms with Crippen LogP contribution >= 0.6 is 11.6 Å². The van der Waals surface area contributed by atoms with E-state index in [4.69, 9.17) is 16.0 Å². The van der Waals surface area contributed by atoms with Crippen molar-refractivity contribution >= 4 is 38.3 Å². The van der Waals surface area contributed by atoms with Crippen LogP contribution in [0.4, 0.5) is 4.39 Å². The Bertz CT molecular complexity index is 1280. The van der Waals surface area contributed by atoms with Crippen molar-refractivity contribution in [2.75, 3.05) is 11.5 Å². The van der Waals surface area contributed by atoms with Gasteiger partial charge in [-0.15, -0.1) is 0 Å². The van der Waals surface area contributed by atoms with E-state index in [-0.39, 0.29) is 40.8 Å². The molecule has 2 heterocycles. The van der Waals surface area contributed by atoms with Gasteiger partial charge in [-0.1, -0.05) is 17.7 Å². The van der Waals surface area contributed by atoms with E-state index in [9.17, 15) is 17.6 Å². The first-order valence-corrected chi connectivity index (χ1v) is 12.2. The molecule has 1 aliphatic heterocycles. The summed E-state index contributed by atoms with van der Waals surface area (Å²) < 4.78 is 44.6. The molecular formula is C23H23ClFNO4S. The van der Waals surface area contributed by atoms with Crippen molar-refractivity contribution in [1.82, 2.24) is 4.90 Å². The lowest BCUT2D eigenvalue weighted by Gasteiger charge is -2.28. The molecule has 1 fully saturated rings. The molecule has 0 unspecified atom stereocenters. The van der Waals surface area contributed by atoms with Crippen LogP contribution in [0.5, 0.6) is 0 Å². The zero-order valence-electron chi connectivity index (χ0n) is 17.5. The highest BCUT2D eigenvalue weighted by Gasteiger charge is 2.37. The Kier molecular flexibility index (Phi) is 5.60. The third kappa shape index (κ3) is 4.08. The average molecular weight is 464 g/mol. The number of hydrogen-bond donors (Lipinski definition) is 0. The quantitative estimate of drug-likeness (QED) is 0.547. The van der Waals surface area contributed by atoms with Crippen molar-refractivity contribution in [1.29, 1.82) is 0 Å². The summed E-state index contributed by atoms with van der Waals surface area (Å²) in [7, 11) is -3.27. The summed E-state index contributed by atoms with van der Waals surface area (Å²) in [5.41, 5.74) is 3.53. The van der Waals surface area contributed by atoms with Crippen molar-refractivity contribution in [3.05, 3.63) is 69.2 Å². The Labute approximate surface area is 185 Å². The van der Waals surface area contributed by atoms with Crippen LogP contribution in [0.3, 0.4) is 0 Å². The van der Waals surface area contributed by atoms with Gasteiger partial charge in [-0.3, -0.25) is 4.79 Å². The molecule has 0 radical (unpaired) electrons. The van der Waals surface area contributed by atoms with E-state index in [0.29, 0.717) is 11.1 Å². The van der Waals surface area contributed by atoms with Gasteiger partial charge in [0, 0.05) is 27.6 Å². The molecule has 1 saturated heterocycles. The Balaban J connectivity index is 1.79. The van der Waals surface area contributed by atoms with Crippen molar-refractivity contribution in [3.63, 3.8) is 0 Å². The van der Waals surface area contributed by atoms with E-state index in [1.807, 2.05) is 26.0 Å². The minimum atomic E-state index is -3.27. The maximum absolute atomic E-state index is 14.5. The van der Waals surface area contributed by atoms with Gasteiger partial charge in [0.05, 0.1) is 18.1 Å². The van der Waals surface area contributed by atoms with E-state index in [1.54, 1.807) is 13.0 Å². The summed E-state index contributed by atoms with van der Waals surface area (Å²) >= 11 is 6.20. The number of halogens is 2. The second-order valence-electron chi connectivity index (χ2n) is 8.18. The second-order valence-corrected chi connectivity index (χ2v) is 10.8. The van der Waals surface area contributed by atoms with Crippen LogP contribution < -0.4 is 0 Å². The van der Waals surface area contributed by atoms with E-state index in [1.165, 1.54) is 17.0 Å². The molecule has 8 heteroatoms. The van der Waals surface area contributed by atoms with E-state index in [0.717, 1.165) is 16.5 Å². The van der Waals surface area contributed by atoms with Gasteiger partial charge in [0.2, 0.25) is 0 Å². The number of amides is 1. The van der Waals surface area contributed by atoms with Crippen LogP contribution in [-0.2, 0) is 16.4 Å². The Morgan fingerprint density at radius 2 is 1.94 bits per heavy atom. The second kappa shape index (κ2) is 7.95. The Hall–Kier alpha value is -2.38. The molecule has 1 aliphatic rings. The third-order valence-corrected chi connectivity index (χ3v) is 8.15. The standard InChI is InChI=1S/C23H23ClFNO4S/c1-13-9-17-15(3)22(30-21(17)10-14(13)2)23(27)26(16-7-8-31(28,29)12-16)11-18-19(24)5-4-6-20(18)25/h4-6,9-10,16H,7-8,11-12H2,1-3H3/t16-/m0/s1. The van der Waals surface area contributed by atoms with Gasteiger partial charge in [0.1, 0.15) is 11.4 Å². The first-order valence-electron chi connectivity index (χ1n) is 10.0. The largest absolute Gasteiger partial charge is 0.451 e. The highest BCUT2D eigenvalue weighted by Crippen LogP contribution is 2.32. The van der Waals surface area contributed by atoms with Crippen LogP contribution in [0, 0.1) is 26.6 Å². The number of sulfone groups is 1. The fraction of sp³-hybridized carbons (Fsp3) is 0.348. The van der Waals surface area contributed by atoms with Crippen molar-refractivity contribution in [3.8, 4) is 0 Å². The molecule has 31 heavy (non-hydrogen) atoms. The van der Waals surface area contributed by atoms with Gasteiger partial charge in [0.15, 0.2) is 15.6 Å². The summed E-state index contributed by atoms with van der Waals surface area (Å²) in [4.78, 5) is 15.0. The van der Waals surface area contributed by atoms with Crippen LogP contribution in [0.25, 0.3) is 11.0 Å². The minimum Gasteiger partial charge on any atom is -0.451 e. The highest BCUT2D eigenvalue weighted by atomic mass is 35.5. The Morgan fingerprint density at radius 3 is 2.58 bits per heavy atom. The number of hydrogen-bond acceptors (Lipinski definition) is 4. The summed E-state index contributed by atoms with van der Waals surface area (Å²) in [6, 6.07) is 7.58. The maximum atomic E-state index is 14.5. The van der Waals surface area contributed by atoms with Gasteiger partial charge < -0.3 is 9.32 Å². The lowest BCUT2D eigenvalue weighted by atomic mass is 10.0. The first-order chi connectivity index (χ1) is 14.6. The zero-order chi connectivity index (χ0) is 22.5. The van der Waals surface area contributed by atoms with Crippen LogP contribution in [-0.4, -0.2) is 36.8 Å². The molecule has 1 amide bonds. The van der Waals surface area contributed by atoms with Crippen LogP contribution in [0.1, 0.15) is 39.2 Å². The van der Waals surface area contributed by atoms with Gasteiger partial charge in [-0.2, -0.15) is 0 Å².